The topological polar surface area (TPSA) is 45.2 Å². The van der Waals surface area contributed by atoms with Gasteiger partial charge in [-0.05, 0) is 17.5 Å². The van der Waals surface area contributed by atoms with Crippen LogP contribution >= 0.6 is 0 Å². The first-order valence-corrected chi connectivity index (χ1v) is 6.56. The van der Waals surface area contributed by atoms with Gasteiger partial charge in [-0.25, -0.2) is 0 Å². The van der Waals surface area contributed by atoms with Crippen LogP contribution in [-0.4, -0.2) is 42.0 Å². The van der Waals surface area contributed by atoms with Crippen LogP contribution in [0.3, 0.4) is 0 Å². The summed E-state index contributed by atoms with van der Waals surface area (Å²) in [7, 11) is 0. The second-order valence-electron chi connectivity index (χ2n) is 5.90. The summed E-state index contributed by atoms with van der Waals surface area (Å²) >= 11 is 0. The molecular formula is C14H19N3O. The van der Waals surface area contributed by atoms with Gasteiger partial charge in [0.15, 0.2) is 0 Å². The van der Waals surface area contributed by atoms with Gasteiger partial charge < -0.3 is 10.2 Å². The largest absolute Gasteiger partial charge is 0.336 e. The zero-order valence-electron chi connectivity index (χ0n) is 10.9. The van der Waals surface area contributed by atoms with Gasteiger partial charge in [0.1, 0.15) is 5.69 Å². The number of carbonyl (C=O) groups excluding carboxylic acids is 1. The van der Waals surface area contributed by atoms with E-state index in [-0.39, 0.29) is 5.91 Å². The van der Waals surface area contributed by atoms with Gasteiger partial charge >= 0.3 is 0 Å². The number of likely N-dealkylation sites (tertiary alicyclic amines) is 1. The normalized spacial score (nSPS) is 20.7. The number of hydrogen-bond donors (Lipinski definition) is 1. The molecule has 1 spiro atoms. The van der Waals surface area contributed by atoms with E-state index in [4.69, 9.17) is 0 Å². The number of aromatic nitrogens is 1. The van der Waals surface area contributed by atoms with E-state index in [0.29, 0.717) is 17.0 Å². The molecule has 1 N–H and O–H groups in total. The van der Waals surface area contributed by atoms with Gasteiger partial charge in [-0.1, -0.05) is 19.9 Å². The maximum absolute atomic E-state index is 12.2. The van der Waals surface area contributed by atoms with Crippen LogP contribution in [0.5, 0.6) is 0 Å². The van der Waals surface area contributed by atoms with Crippen molar-refractivity contribution in [3.8, 4) is 0 Å². The summed E-state index contributed by atoms with van der Waals surface area (Å²) in [4.78, 5) is 18.4. The van der Waals surface area contributed by atoms with Crippen molar-refractivity contribution in [1.29, 1.82) is 0 Å². The minimum atomic E-state index is 0.0721. The molecule has 1 amide bonds. The van der Waals surface area contributed by atoms with Crippen LogP contribution in [-0.2, 0) is 0 Å². The van der Waals surface area contributed by atoms with Crippen LogP contribution in [0.4, 0.5) is 0 Å². The highest BCUT2D eigenvalue weighted by Gasteiger charge is 2.49. The van der Waals surface area contributed by atoms with Crippen LogP contribution in [0.2, 0.25) is 0 Å². The molecular weight excluding hydrogens is 226 g/mol. The fraction of sp³-hybridized carbons (Fsp3) is 0.571. The lowest BCUT2D eigenvalue weighted by molar-refractivity contribution is -0.0251. The van der Waals surface area contributed by atoms with E-state index in [9.17, 15) is 4.79 Å². The van der Waals surface area contributed by atoms with Crippen LogP contribution in [0.1, 0.15) is 35.8 Å². The lowest BCUT2D eigenvalue weighted by Crippen LogP contribution is -2.71. The first kappa shape index (κ1) is 11.7. The van der Waals surface area contributed by atoms with Gasteiger partial charge in [0.25, 0.3) is 5.91 Å². The lowest BCUT2D eigenvalue weighted by atomic mass is 9.74. The summed E-state index contributed by atoms with van der Waals surface area (Å²) in [5.74, 6) is 0.526. The van der Waals surface area contributed by atoms with Crippen molar-refractivity contribution < 1.29 is 4.79 Å². The molecule has 2 aliphatic rings. The molecule has 2 saturated heterocycles. The standard InChI is InChI=1S/C14H19N3O/c1-10(2)11-3-4-12(16-5-11)13(18)17-8-14(9-17)6-15-7-14/h3-5,10,15H,6-9H2,1-2H3. The van der Waals surface area contributed by atoms with E-state index >= 15 is 0 Å². The lowest BCUT2D eigenvalue weighted by Gasteiger charge is -2.55. The fourth-order valence-corrected chi connectivity index (χ4v) is 2.64. The minimum absolute atomic E-state index is 0.0721. The summed E-state index contributed by atoms with van der Waals surface area (Å²) in [6.45, 7) is 8.12. The maximum Gasteiger partial charge on any atom is 0.272 e. The summed E-state index contributed by atoms with van der Waals surface area (Å²) < 4.78 is 0. The Kier molecular flexibility index (Phi) is 2.63. The molecule has 18 heavy (non-hydrogen) atoms. The third-order valence-corrected chi connectivity index (χ3v) is 4.01. The Bertz CT molecular complexity index is 454. The van der Waals surface area contributed by atoms with E-state index in [2.05, 4.69) is 24.1 Å². The molecule has 2 aliphatic heterocycles. The van der Waals surface area contributed by atoms with Crippen molar-refractivity contribution in [2.45, 2.75) is 19.8 Å². The number of nitrogens with one attached hydrogen (secondary N) is 1. The number of rotatable bonds is 2. The molecule has 3 heterocycles. The summed E-state index contributed by atoms with van der Waals surface area (Å²) in [6, 6.07) is 3.85. The monoisotopic (exact) mass is 245 g/mol. The van der Waals surface area contributed by atoms with Crippen LogP contribution in [0.15, 0.2) is 18.3 Å². The number of hydrogen-bond acceptors (Lipinski definition) is 3. The van der Waals surface area contributed by atoms with Gasteiger partial charge in [-0.15, -0.1) is 0 Å². The molecule has 2 fully saturated rings. The number of carbonyl (C=O) groups is 1. The number of amides is 1. The average molecular weight is 245 g/mol. The first-order valence-electron chi connectivity index (χ1n) is 6.56. The fourth-order valence-electron chi connectivity index (χ4n) is 2.64. The van der Waals surface area contributed by atoms with Crippen molar-refractivity contribution in [2.75, 3.05) is 26.2 Å². The molecule has 0 bridgehead atoms. The maximum atomic E-state index is 12.2. The van der Waals surface area contributed by atoms with Gasteiger partial charge in [-0.3, -0.25) is 9.78 Å². The van der Waals surface area contributed by atoms with Crippen molar-refractivity contribution in [3.05, 3.63) is 29.6 Å². The van der Waals surface area contributed by atoms with Crippen molar-refractivity contribution in [1.82, 2.24) is 15.2 Å². The molecule has 3 rings (SSSR count). The zero-order chi connectivity index (χ0) is 12.8. The van der Waals surface area contributed by atoms with E-state index in [1.807, 2.05) is 23.2 Å². The quantitative estimate of drug-likeness (QED) is 0.853. The predicted octanol–water partition coefficient (Wildman–Crippen LogP) is 1.25. The van der Waals surface area contributed by atoms with E-state index in [0.717, 1.165) is 26.2 Å². The smallest absolute Gasteiger partial charge is 0.272 e. The van der Waals surface area contributed by atoms with E-state index < -0.39 is 0 Å². The summed E-state index contributed by atoms with van der Waals surface area (Å²) in [5.41, 5.74) is 2.13. The van der Waals surface area contributed by atoms with Crippen molar-refractivity contribution in [2.24, 2.45) is 5.41 Å². The third-order valence-electron chi connectivity index (χ3n) is 4.01. The summed E-state index contributed by atoms with van der Waals surface area (Å²) in [5, 5.41) is 3.27. The first-order chi connectivity index (χ1) is 8.60. The SMILES string of the molecule is CC(C)c1ccc(C(=O)N2CC3(CNC3)C2)nc1. The molecule has 1 aromatic heterocycles. The molecule has 4 nitrogen and oxygen atoms in total. The number of nitrogens with zero attached hydrogens (tertiary/aromatic N) is 2. The van der Waals surface area contributed by atoms with Crippen LogP contribution in [0, 0.1) is 5.41 Å². The van der Waals surface area contributed by atoms with Gasteiger partial charge in [0.2, 0.25) is 0 Å². The summed E-state index contributed by atoms with van der Waals surface area (Å²) in [6.07, 6.45) is 1.82. The molecule has 0 aromatic carbocycles. The van der Waals surface area contributed by atoms with E-state index in [1.165, 1.54) is 5.56 Å². The zero-order valence-corrected chi connectivity index (χ0v) is 10.9. The Morgan fingerprint density at radius 2 is 2.11 bits per heavy atom. The van der Waals surface area contributed by atoms with E-state index in [1.54, 1.807) is 0 Å². The van der Waals surface area contributed by atoms with Crippen LogP contribution in [0.25, 0.3) is 0 Å². The highest BCUT2D eigenvalue weighted by molar-refractivity contribution is 5.93. The molecule has 4 heteroatoms. The molecule has 0 aliphatic carbocycles. The number of pyridine rings is 1. The third kappa shape index (κ3) is 1.81. The second-order valence-corrected chi connectivity index (χ2v) is 5.90. The molecule has 1 aromatic rings. The molecule has 0 atom stereocenters. The van der Waals surface area contributed by atoms with Crippen molar-refractivity contribution in [3.63, 3.8) is 0 Å². The Balaban J connectivity index is 1.66. The second kappa shape index (κ2) is 4.05. The minimum Gasteiger partial charge on any atom is -0.336 e. The van der Waals surface area contributed by atoms with Crippen LogP contribution < -0.4 is 5.32 Å². The molecule has 96 valence electrons. The van der Waals surface area contributed by atoms with Crippen molar-refractivity contribution >= 4 is 5.91 Å². The molecule has 0 radical (unpaired) electrons. The predicted molar refractivity (Wildman–Crippen MR) is 69.5 cm³/mol. The average Bonchev–Trinajstić information content (AvgIpc) is 2.25. The van der Waals surface area contributed by atoms with Gasteiger partial charge in [0, 0.05) is 37.8 Å². The highest BCUT2D eigenvalue weighted by Crippen LogP contribution is 2.34. The Morgan fingerprint density at radius 3 is 2.56 bits per heavy atom. The Morgan fingerprint density at radius 1 is 1.39 bits per heavy atom. The molecule has 0 saturated carbocycles. The Hall–Kier alpha value is -1.42. The van der Waals surface area contributed by atoms with Gasteiger partial charge in [-0.2, -0.15) is 0 Å². The Labute approximate surface area is 107 Å². The highest BCUT2D eigenvalue weighted by atomic mass is 16.2. The molecule has 0 unspecified atom stereocenters. The van der Waals surface area contributed by atoms with Gasteiger partial charge in [0.05, 0.1) is 0 Å².